The van der Waals surface area contributed by atoms with Crippen molar-refractivity contribution >= 4 is 43.9 Å². The molecule has 4 aromatic rings. The van der Waals surface area contributed by atoms with Gasteiger partial charge in [-0.1, -0.05) is 6.07 Å². The van der Waals surface area contributed by atoms with Crippen LogP contribution in [0.4, 0.5) is 36.3 Å². The summed E-state index contributed by atoms with van der Waals surface area (Å²) in [6, 6.07) is 12.2. The van der Waals surface area contributed by atoms with E-state index in [0.29, 0.717) is 42.3 Å². The number of anilines is 3. The molecule has 1 aliphatic carbocycles. The minimum absolute atomic E-state index is 0.180. The molecule has 2 saturated heterocycles. The number of hydrogen-bond acceptors (Lipinski definition) is 9. The van der Waals surface area contributed by atoms with Crippen molar-refractivity contribution in [2.45, 2.75) is 43.8 Å². The van der Waals surface area contributed by atoms with Gasteiger partial charge >= 0.3 is 6.18 Å². The van der Waals surface area contributed by atoms with E-state index in [1.807, 2.05) is 27.7 Å². The summed E-state index contributed by atoms with van der Waals surface area (Å²) < 4.78 is 61.9. The van der Waals surface area contributed by atoms with E-state index in [9.17, 15) is 17.4 Å². The van der Waals surface area contributed by atoms with Gasteiger partial charge in [-0.2, -0.15) is 22.5 Å². The number of fused-ring (bicyclic) bond motifs is 1. The van der Waals surface area contributed by atoms with Crippen LogP contribution in [-0.2, 0) is 15.9 Å². The average molecular weight is 668 g/mol. The first-order valence-corrected chi connectivity index (χ1v) is 18.4. The highest BCUT2D eigenvalue weighted by Gasteiger charge is 2.37. The summed E-state index contributed by atoms with van der Waals surface area (Å²) in [7, 11) is -0.290. The third kappa shape index (κ3) is 7.09. The summed E-state index contributed by atoms with van der Waals surface area (Å²) in [6.45, 7) is 5.24. The number of pyridine rings is 1. The number of nitrogens with one attached hydrogen (secondary N) is 1. The molecule has 3 aliphatic rings. The number of hydrogen-bond donors (Lipinski definition) is 1. The molecule has 0 bridgehead atoms. The zero-order valence-corrected chi connectivity index (χ0v) is 27.7. The lowest BCUT2D eigenvalue weighted by atomic mass is 10.00. The van der Waals surface area contributed by atoms with Crippen LogP contribution in [0.15, 0.2) is 53.0 Å². The van der Waals surface area contributed by atoms with E-state index in [1.165, 1.54) is 0 Å². The lowest BCUT2D eigenvalue weighted by Gasteiger charge is -2.43. The Bertz CT molecular complexity index is 1890. The monoisotopic (exact) mass is 667 g/mol. The molecule has 2 aliphatic heterocycles. The van der Waals surface area contributed by atoms with Crippen LogP contribution in [0.5, 0.6) is 0 Å². The molecule has 7 rings (SSSR count). The molecule has 1 N–H and O–H groups in total. The maximum Gasteiger partial charge on any atom is 0.418 e. The minimum atomic E-state index is -4.53. The fourth-order valence-electron chi connectivity index (χ4n) is 6.71. The van der Waals surface area contributed by atoms with Crippen LogP contribution in [0.3, 0.4) is 0 Å². The van der Waals surface area contributed by atoms with Gasteiger partial charge in [-0.15, -0.1) is 0 Å². The maximum atomic E-state index is 14.5. The minimum Gasteiger partial charge on any atom is -0.371 e. The van der Waals surface area contributed by atoms with E-state index in [-0.39, 0.29) is 17.3 Å². The molecule has 47 heavy (non-hydrogen) atoms. The number of piperidine rings is 1. The topological polar surface area (TPSA) is 94.8 Å². The molecule has 10 nitrogen and oxygen atoms in total. The maximum absolute atomic E-state index is 14.5. The predicted molar refractivity (Wildman–Crippen MR) is 180 cm³/mol. The van der Waals surface area contributed by atoms with E-state index >= 15 is 0 Å². The van der Waals surface area contributed by atoms with Crippen LogP contribution >= 0.6 is 0 Å². The Morgan fingerprint density at radius 3 is 2.36 bits per heavy atom. The lowest BCUT2D eigenvalue weighted by molar-refractivity contribution is -0.137. The van der Waals surface area contributed by atoms with Crippen LogP contribution < -0.4 is 10.2 Å². The fourth-order valence-corrected chi connectivity index (χ4v) is 7.26. The standard InChI is InChI=1S/C33H40F3N9OS/c1-42-15-17-43(18-16-42)25-11-13-44(14-12-25)27-10-9-24(20-26(27)33(34,35)36)38-32-37-21-23-19-28(22-7-8-22)45(31(23)40-32)30-6-4-5-29(39-30)41-47(2,3)46/h4-6,9-10,19-22,25H,7-8,11-18H2,1-3H3,(H,37,38,40). The molecule has 5 heterocycles. The molecule has 0 unspecified atom stereocenters. The molecule has 14 heteroatoms. The largest absolute Gasteiger partial charge is 0.418 e. The van der Waals surface area contributed by atoms with Crippen LogP contribution in [0.1, 0.15) is 42.9 Å². The quantitative estimate of drug-likeness (QED) is 0.256. The Morgan fingerprint density at radius 1 is 0.936 bits per heavy atom. The van der Waals surface area contributed by atoms with E-state index in [1.54, 1.807) is 36.9 Å². The zero-order chi connectivity index (χ0) is 32.9. The Hall–Kier alpha value is -3.75. The Morgan fingerprint density at radius 2 is 1.68 bits per heavy atom. The Kier molecular flexibility index (Phi) is 8.37. The Balaban J connectivity index is 1.16. The number of alkyl halides is 3. The first kappa shape index (κ1) is 31.8. The van der Waals surface area contributed by atoms with Crippen molar-refractivity contribution in [3.8, 4) is 5.82 Å². The molecule has 1 saturated carbocycles. The van der Waals surface area contributed by atoms with Crippen LogP contribution in [0.2, 0.25) is 0 Å². The third-order valence-electron chi connectivity index (χ3n) is 9.24. The number of aromatic nitrogens is 4. The highest BCUT2D eigenvalue weighted by molar-refractivity contribution is 7.92. The van der Waals surface area contributed by atoms with Crippen LogP contribution in [0, 0.1) is 0 Å². The van der Waals surface area contributed by atoms with Gasteiger partial charge in [0.1, 0.15) is 5.82 Å². The first-order valence-electron chi connectivity index (χ1n) is 16.1. The fraction of sp³-hybridized carbons (Fsp3) is 0.485. The number of rotatable bonds is 7. The number of nitrogens with zero attached hydrogens (tertiary/aromatic N) is 8. The summed E-state index contributed by atoms with van der Waals surface area (Å²) in [4.78, 5) is 20.5. The second-order valence-corrected chi connectivity index (χ2v) is 15.7. The molecule has 0 radical (unpaired) electrons. The first-order chi connectivity index (χ1) is 22.4. The van der Waals surface area contributed by atoms with Crippen LogP contribution in [-0.4, -0.2) is 98.4 Å². The zero-order valence-electron chi connectivity index (χ0n) is 26.9. The number of benzene rings is 1. The molecule has 1 aromatic carbocycles. The predicted octanol–water partition coefficient (Wildman–Crippen LogP) is 6.03. The van der Waals surface area contributed by atoms with Gasteiger partial charge in [0.2, 0.25) is 5.95 Å². The summed E-state index contributed by atoms with van der Waals surface area (Å²) in [5, 5.41) is 3.82. The van der Waals surface area contributed by atoms with Crippen molar-refractivity contribution in [3.05, 3.63) is 59.9 Å². The van der Waals surface area contributed by atoms with Gasteiger partial charge in [0.05, 0.1) is 5.56 Å². The van der Waals surface area contributed by atoms with Gasteiger partial charge in [-0.25, -0.2) is 14.2 Å². The van der Waals surface area contributed by atoms with Gasteiger partial charge in [-0.05, 0) is 75.0 Å². The molecule has 250 valence electrons. The van der Waals surface area contributed by atoms with Crippen molar-refractivity contribution in [2.24, 2.45) is 4.36 Å². The summed E-state index contributed by atoms with van der Waals surface area (Å²) in [5.74, 6) is 1.46. The number of halogens is 3. The lowest BCUT2D eigenvalue weighted by Crippen LogP contribution is -2.52. The highest BCUT2D eigenvalue weighted by atomic mass is 32.2. The third-order valence-corrected chi connectivity index (χ3v) is 9.87. The van der Waals surface area contributed by atoms with Crippen molar-refractivity contribution in [1.29, 1.82) is 0 Å². The molecular weight excluding hydrogens is 627 g/mol. The second-order valence-electron chi connectivity index (χ2n) is 13.2. The molecule has 3 fully saturated rings. The smallest absolute Gasteiger partial charge is 0.371 e. The van der Waals surface area contributed by atoms with E-state index in [0.717, 1.165) is 69.0 Å². The van der Waals surface area contributed by atoms with E-state index in [2.05, 4.69) is 36.5 Å². The van der Waals surface area contributed by atoms with Crippen molar-refractivity contribution in [1.82, 2.24) is 29.3 Å². The van der Waals surface area contributed by atoms with E-state index in [4.69, 9.17) is 4.98 Å². The van der Waals surface area contributed by atoms with Crippen molar-refractivity contribution in [2.75, 3.05) is 69.0 Å². The van der Waals surface area contributed by atoms with Crippen molar-refractivity contribution < 1.29 is 17.4 Å². The van der Waals surface area contributed by atoms with Gasteiger partial charge in [-0.3, -0.25) is 9.47 Å². The van der Waals surface area contributed by atoms with Gasteiger partial charge in [0, 0.05) is 96.2 Å². The van der Waals surface area contributed by atoms with Crippen molar-refractivity contribution in [3.63, 3.8) is 0 Å². The van der Waals surface area contributed by atoms with Crippen LogP contribution in [0.25, 0.3) is 16.9 Å². The second kappa shape index (κ2) is 12.4. The molecule has 0 atom stereocenters. The highest BCUT2D eigenvalue weighted by Crippen LogP contribution is 2.43. The SMILES string of the molecule is CN1CCN(C2CCN(c3ccc(Nc4ncc5cc(C6CC6)n(-c6cccc(N=S(C)(C)=O)n6)c5n4)cc3C(F)(F)F)CC2)CC1. The van der Waals surface area contributed by atoms with E-state index < -0.39 is 21.5 Å². The summed E-state index contributed by atoms with van der Waals surface area (Å²) in [6.07, 6.45) is 4.03. The van der Waals surface area contributed by atoms with Gasteiger partial charge in [0.25, 0.3) is 0 Å². The number of likely N-dealkylation sites (N-methyl/N-ethyl adjacent to an activating group) is 1. The molecule has 0 amide bonds. The number of piperazine rings is 1. The summed E-state index contributed by atoms with van der Waals surface area (Å²) in [5.41, 5.74) is 1.41. The average Bonchev–Trinajstić information content (AvgIpc) is 3.80. The molecule has 0 spiro atoms. The molecule has 3 aromatic heterocycles. The summed E-state index contributed by atoms with van der Waals surface area (Å²) >= 11 is 0. The normalized spacial score (nSPS) is 19.0. The van der Waals surface area contributed by atoms with Gasteiger partial charge in [0.15, 0.2) is 11.5 Å². The molecular formula is C33H40F3N9OS. The van der Waals surface area contributed by atoms with Gasteiger partial charge < -0.3 is 15.1 Å². The Labute approximate surface area is 273 Å².